The zero-order chi connectivity index (χ0) is 23.1. The van der Waals surface area contributed by atoms with E-state index in [1.54, 1.807) is 4.68 Å². The van der Waals surface area contributed by atoms with E-state index in [0.29, 0.717) is 6.04 Å². The number of nitrogens with one attached hydrogen (secondary N) is 1. The monoisotopic (exact) mass is 453 g/mol. The quantitative estimate of drug-likeness (QED) is 0.404. The van der Waals surface area contributed by atoms with Crippen LogP contribution in [-0.4, -0.2) is 42.7 Å². The van der Waals surface area contributed by atoms with Gasteiger partial charge in [0.25, 0.3) is 0 Å². The van der Waals surface area contributed by atoms with E-state index in [1.807, 2.05) is 63.1 Å². The first-order valence-corrected chi connectivity index (χ1v) is 11.7. The number of rotatable bonds is 5. The summed E-state index contributed by atoms with van der Waals surface area (Å²) in [5, 5.41) is 14.7. The van der Waals surface area contributed by atoms with E-state index in [9.17, 15) is 0 Å². The van der Waals surface area contributed by atoms with Crippen LogP contribution in [0.2, 0.25) is 0 Å². The van der Waals surface area contributed by atoms with Crippen LogP contribution >= 0.6 is 0 Å². The van der Waals surface area contributed by atoms with Gasteiger partial charge in [-0.2, -0.15) is 10.2 Å². The third kappa shape index (κ3) is 3.65. The lowest BCUT2D eigenvalue weighted by atomic mass is 9.93. The fourth-order valence-corrected chi connectivity index (χ4v) is 4.97. The Hall–Kier alpha value is -3.94. The van der Waals surface area contributed by atoms with Crippen LogP contribution < -0.4 is 10.1 Å². The first-order chi connectivity index (χ1) is 16.7. The SMILES string of the molecule is CNc1cc2c(cn1)c(-c1cnn(C)c1)nn2C1CCC(Oc2cccc3ncccc23)CC1. The Kier molecular flexibility index (Phi) is 5.13. The van der Waals surface area contributed by atoms with E-state index < -0.39 is 0 Å². The second-order valence-corrected chi connectivity index (χ2v) is 8.91. The fourth-order valence-electron chi connectivity index (χ4n) is 4.97. The molecule has 0 radical (unpaired) electrons. The van der Waals surface area contributed by atoms with Crippen LogP contribution in [-0.2, 0) is 7.05 Å². The predicted octanol–water partition coefficient (Wildman–Crippen LogP) is 4.98. The van der Waals surface area contributed by atoms with E-state index in [2.05, 4.69) is 37.2 Å². The summed E-state index contributed by atoms with van der Waals surface area (Å²) in [7, 11) is 3.82. The number of ether oxygens (including phenoxy) is 1. The lowest BCUT2D eigenvalue weighted by Gasteiger charge is -2.30. The predicted molar refractivity (Wildman–Crippen MR) is 133 cm³/mol. The highest BCUT2D eigenvalue weighted by atomic mass is 16.5. The van der Waals surface area contributed by atoms with Gasteiger partial charge in [0.1, 0.15) is 17.3 Å². The van der Waals surface area contributed by atoms with Crippen molar-refractivity contribution in [3.63, 3.8) is 0 Å². The summed E-state index contributed by atoms with van der Waals surface area (Å²) in [6.07, 6.45) is 11.8. The molecule has 0 amide bonds. The summed E-state index contributed by atoms with van der Waals surface area (Å²) >= 11 is 0. The maximum atomic E-state index is 6.45. The summed E-state index contributed by atoms with van der Waals surface area (Å²) in [5.41, 5.74) is 4.00. The van der Waals surface area contributed by atoms with Crippen LogP contribution in [0.25, 0.3) is 33.1 Å². The standard InChI is InChI=1S/C26H27N7O/c1-27-25-13-23-21(15-29-25)26(17-14-30-32(2)16-17)31-33(23)18-8-10-19(11-9-18)34-24-7-3-6-22-20(24)5-4-12-28-22/h3-7,12-16,18-19H,8-11H2,1-2H3,(H,27,29). The van der Waals surface area contributed by atoms with Gasteiger partial charge in [0, 0.05) is 55.1 Å². The summed E-state index contributed by atoms with van der Waals surface area (Å²) in [4.78, 5) is 8.99. The average Bonchev–Trinajstić information content (AvgIpc) is 3.48. The van der Waals surface area contributed by atoms with Gasteiger partial charge in [0.05, 0.1) is 29.4 Å². The molecule has 0 saturated heterocycles. The number of pyridine rings is 2. The summed E-state index contributed by atoms with van der Waals surface area (Å²) in [6, 6.07) is 12.5. The van der Waals surface area contributed by atoms with Crippen molar-refractivity contribution in [3.8, 4) is 17.0 Å². The van der Waals surface area contributed by atoms with Crippen molar-refractivity contribution in [1.29, 1.82) is 0 Å². The molecular formula is C26H27N7O. The molecule has 0 unspecified atom stereocenters. The molecule has 1 N–H and O–H groups in total. The molecule has 8 heteroatoms. The van der Waals surface area contributed by atoms with Gasteiger partial charge in [-0.1, -0.05) is 6.07 Å². The van der Waals surface area contributed by atoms with Crippen LogP contribution in [0.3, 0.4) is 0 Å². The fraction of sp³-hybridized carbons (Fsp3) is 0.308. The molecule has 6 rings (SSSR count). The highest BCUT2D eigenvalue weighted by Crippen LogP contribution is 2.37. The maximum absolute atomic E-state index is 6.45. The second-order valence-electron chi connectivity index (χ2n) is 8.91. The van der Waals surface area contributed by atoms with Crippen LogP contribution in [0, 0.1) is 0 Å². The van der Waals surface area contributed by atoms with E-state index in [-0.39, 0.29) is 6.10 Å². The largest absolute Gasteiger partial charge is 0.490 e. The molecule has 4 heterocycles. The van der Waals surface area contributed by atoms with Crippen molar-refractivity contribution in [2.24, 2.45) is 7.05 Å². The van der Waals surface area contributed by atoms with Crippen molar-refractivity contribution in [1.82, 2.24) is 29.5 Å². The molecule has 4 aromatic heterocycles. The Morgan fingerprint density at radius 1 is 1.00 bits per heavy atom. The van der Waals surface area contributed by atoms with Crippen molar-refractivity contribution < 1.29 is 4.74 Å². The summed E-state index contributed by atoms with van der Waals surface area (Å²) in [6.45, 7) is 0. The second kappa shape index (κ2) is 8.44. The van der Waals surface area contributed by atoms with Crippen LogP contribution in [0.15, 0.2) is 61.2 Å². The number of anilines is 1. The highest BCUT2D eigenvalue weighted by molar-refractivity contribution is 5.93. The van der Waals surface area contributed by atoms with Gasteiger partial charge >= 0.3 is 0 Å². The van der Waals surface area contributed by atoms with E-state index in [4.69, 9.17) is 9.84 Å². The number of hydrogen-bond acceptors (Lipinski definition) is 6. The molecule has 8 nitrogen and oxygen atoms in total. The first-order valence-electron chi connectivity index (χ1n) is 11.7. The Labute approximate surface area is 197 Å². The first kappa shape index (κ1) is 20.7. The van der Waals surface area contributed by atoms with E-state index in [0.717, 1.165) is 70.3 Å². The lowest BCUT2D eigenvalue weighted by Crippen LogP contribution is -2.26. The molecular weight excluding hydrogens is 426 g/mol. The Morgan fingerprint density at radius 3 is 2.68 bits per heavy atom. The topological polar surface area (TPSA) is 82.7 Å². The van der Waals surface area contributed by atoms with Crippen LogP contribution in [0.4, 0.5) is 5.82 Å². The molecule has 34 heavy (non-hydrogen) atoms. The Bertz CT molecular complexity index is 1460. The van der Waals surface area contributed by atoms with Crippen LogP contribution in [0.1, 0.15) is 31.7 Å². The number of fused-ring (bicyclic) bond motifs is 2. The highest BCUT2D eigenvalue weighted by Gasteiger charge is 2.27. The number of benzene rings is 1. The summed E-state index contributed by atoms with van der Waals surface area (Å²) < 4.78 is 10.5. The number of nitrogens with zero attached hydrogens (tertiary/aromatic N) is 6. The molecule has 1 aliphatic rings. The molecule has 0 spiro atoms. The van der Waals surface area contributed by atoms with Gasteiger partial charge in [0.15, 0.2) is 0 Å². The van der Waals surface area contributed by atoms with Gasteiger partial charge < -0.3 is 10.1 Å². The maximum Gasteiger partial charge on any atom is 0.129 e. The van der Waals surface area contributed by atoms with Crippen LogP contribution in [0.5, 0.6) is 5.75 Å². The van der Waals surface area contributed by atoms with Gasteiger partial charge in [-0.05, 0) is 49.9 Å². The zero-order valence-corrected chi connectivity index (χ0v) is 19.3. The number of hydrogen-bond donors (Lipinski definition) is 1. The van der Waals surface area contributed by atoms with Crippen molar-refractivity contribution in [3.05, 3.63) is 61.2 Å². The third-order valence-electron chi connectivity index (χ3n) is 6.72. The third-order valence-corrected chi connectivity index (χ3v) is 6.72. The zero-order valence-electron chi connectivity index (χ0n) is 19.3. The summed E-state index contributed by atoms with van der Waals surface area (Å²) in [5.74, 6) is 1.76. The van der Waals surface area contributed by atoms with Crippen molar-refractivity contribution >= 4 is 27.6 Å². The smallest absolute Gasteiger partial charge is 0.129 e. The Morgan fingerprint density at radius 2 is 1.88 bits per heavy atom. The number of aryl methyl sites for hydroxylation is 1. The number of aromatic nitrogens is 6. The molecule has 0 atom stereocenters. The van der Waals surface area contributed by atoms with Crippen molar-refractivity contribution in [2.45, 2.75) is 37.8 Å². The molecule has 5 aromatic rings. The minimum absolute atomic E-state index is 0.191. The van der Waals surface area contributed by atoms with Gasteiger partial charge in [-0.15, -0.1) is 0 Å². The molecule has 0 bridgehead atoms. The molecule has 1 aromatic carbocycles. The molecule has 1 aliphatic carbocycles. The van der Waals surface area contributed by atoms with Crippen molar-refractivity contribution in [2.75, 3.05) is 12.4 Å². The Balaban J connectivity index is 1.26. The minimum atomic E-state index is 0.191. The molecule has 172 valence electrons. The molecule has 1 saturated carbocycles. The normalized spacial score (nSPS) is 18.4. The minimum Gasteiger partial charge on any atom is -0.490 e. The molecule has 1 fully saturated rings. The van der Waals surface area contributed by atoms with Gasteiger partial charge in [0.2, 0.25) is 0 Å². The van der Waals surface area contributed by atoms with Gasteiger partial charge in [-0.25, -0.2) is 4.98 Å². The van der Waals surface area contributed by atoms with E-state index >= 15 is 0 Å². The van der Waals surface area contributed by atoms with Gasteiger partial charge in [-0.3, -0.25) is 14.3 Å². The average molecular weight is 454 g/mol. The molecule has 0 aliphatic heterocycles. The lowest BCUT2D eigenvalue weighted by molar-refractivity contribution is 0.132. The van der Waals surface area contributed by atoms with E-state index in [1.165, 1.54) is 0 Å².